The van der Waals surface area contributed by atoms with Crippen molar-refractivity contribution < 1.29 is 1.43 Å². The van der Waals surface area contributed by atoms with Crippen LogP contribution in [0, 0.1) is 0 Å². The van der Waals surface area contributed by atoms with Crippen LogP contribution in [0.25, 0.3) is 10.9 Å². The van der Waals surface area contributed by atoms with E-state index < -0.39 is 0 Å². The van der Waals surface area contributed by atoms with Crippen molar-refractivity contribution in [2.24, 2.45) is 0 Å². The van der Waals surface area contributed by atoms with Gasteiger partial charge >= 0.3 is 1.43 Å². The van der Waals surface area contributed by atoms with Gasteiger partial charge in [0.15, 0.2) is 0 Å². The van der Waals surface area contributed by atoms with Crippen LogP contribution in [0.5, 0.6) is 0 Å². The maximum absolute atomic E-state index is 4.29. The predicted octanol–water partition coefficient (Wildman–Crippen LogP) is 2.91. The molecule has 0 atom stereocenters. The lowest BCUT2D eigenvalue weighted by molar-refractivity contribution is 1.16. The molecule has 0 saturated heterocycles. The first-order chi connectivity index (χ1) is 5.92. The molecule has 0 amide bonds. The number of pyridine rings is 1. The molecule has 2 rings (SSSR count). The monoisotopic (exact) mass is 158 g/mol. The molecule has 0 bridgehead atoms. The highest BCUT2D eigenvalue weighted by atomic mass is 14.6. The van der Waals surface area contributed by atoms with Gasteiger partial charge in [0.25, 0.3) is 0 Å². The lowest BCUT2D eigenvalue weighted by Gasteiger charge is -2.01. The van der Waals surface area contributed by atoms with E-state index in [9.17, 15) is 0 Å². The first-order valence-electron chi connectivity index (χ1n) is 4.24. The summed E-state index contributed by atoms with van der Waals surface area (Å²) in [4.78, 5) is 4.29. The van der Waals surface area contributed by atoms with Gasteiger partial charge in [-0.2, -0.15) is 0 Å². The number of fused-ring (bicyclic) bond motifs is 1. The third-order valence-corrected chi connectivity index (χ3v) is 2.12. The van der Waals surface area contributed by atoms with Crippen molar-refractivity contribution in [2.75, 3.05) is 0 Å². The topological polar surface area (TPSA) is 12.9 Å². The van der Waals surface area contributed by atoms with Crippen LogP contribution in [0.2, 0.25) is 0 Å². The molecular weight excluding hydrogens is 146 g/mol. The van der Waals surface area contributed by atoms with Gasteiger partial charge in [0.05, 0.1) is 5.52 Å². The zero-order valence-electron chi connectivity index (χ0n) is 8.12. The summed E-state index contributed by atoms with van der Waals surface area (Å²) in [6.07, 6.45) is 2.91. The van der Waals surface area contributed by atoms with E-state index in [1.54, 1.807) is 0 Å². The quantitative estimate of drug-likeness (QED) is 0.621. The van der Waals surface area contributed by atoms with E-state index in [0.29, 0.717) is 0 Å². The standard InChI is InChI=1S/C11H11N/c1-2-9-5-3-7-11-10(9)6-4-8-12-11/h3-8H,2H2,1H3/p+1. The molecular formula is C11H12N+. The van der Waals surface area contributed by atoms with Gasteiger partial charge < -0.3 is 0 Å². The highest BCUT2D eigenvalue weighted by Crippen LogP contribution is 2.16. The number of aryl methyl sites for hydroxylation is 1. The van der Waals surface area contributed by atoms with Gasteiger partial charge in [-0.25, -0.2) is 0 Å². The predicted molar refractivity (Wildman–Crippen MR) is 52.2 cm³/mol. The van der Waals surface area contributed by atoms with Gasteiger partial charge in [0.1, 0.15) is 0 Å². The van der Waals surface area contributed by atoms with Crippen LogP contribution >= 0.6 is 0 Å². The Hall–Kier alpha value is -1.37. The maximum Gasteiger partial charge on any atom is 1.00 e. The molecule has 2 aromatic rings. The summed E-state index contributed by atoms with van der Waals surface area (Å²) in [5.41, 5.74) is 2.47. The molecule has 12 heavy (non-hydrogen) atoms. The van der Waals surface area contributed by atoms with Crippen LogP contribution in [0.3, 0.4) is 0 Å². The fourth-order valence-electron chi connectivity index (χ4n) is 1.48. The minimum atomic E-state index is 0. The molecule has 0 fully saturated rings. The Morgan fingerprint density at radius 2 is 2.17 bits per heavy atom. The summed E-state index contributed by atoms with van der Waals surface area (Å²) in [6.45, 7) is 2.17. The van der Waals surface area contributed by atoms with Crippen molar-refractivity contribution in [1.29, 1.82) is 0 Å². The van der Waals surface area contributed by atoms with Crippen molar-refractivity contribution in [1.82, 2.24) is 4.98 Å². The molecule has 60 valence electrons. The third-order valence-electron chi connectivity index (χ3n) is 2.12. The zero-order valence-corrected chi connectivity index (χ0v) is 7.12. The lowest BCUT2D eigenvalue weighted by atomic mass is 10.1. The van der Waals surface area contributed by atoms with Gasteiger partial charge in [0.2, 0.25) is 0 Å². The fraction of sp³-hybridized carbons (Fsp3) is 0.182. The zero-order chi connectivity index (χ0) is 8.39. The summed E-state index contributed by atoms with van der Waals surface area (Å²) in [5.74, 6) is 0. The molecule has 1 heterocycles. The average Bonchev–Trinajstić information content (AvgIpc) is 2.17. The summed E-state index contributed by atoms with van der Waals surface area (Å²) in [7, 11) is 0. The van der Waals surface area contributed by atoms with E-state index in [4.69, 9.17) is 0 Å². The highest BCUT2D eigenvalue weighted by molar-refractivity contribution is 5.81. The Labute approximate surface area is 73.5 Å². The second kappa shape index (κ2) is 2.94. The van der Waals surface area contributed by atoms with E-state index in [1.165, 1.54) is 10.9 Å². The average molecular weight is 158 g/mol. The number of rotatable bonds is 1. The van der Waals surface area contributed by atoms with Crippen molar-refractivity contribution in [3.63, 3.8) is 0 Å². The van der Waals surface area contributed by atoms with Gasteiger partial charge in [-0.3, -0.25) is 4.98 Å². The smallest absolute Gasteiger partial charge is 0.256 e. The Kier molecular flexibility index (Phi) is 1.78. The molecule has 0 aliphatic carbocycles. The Morgan fingerprint density at radius 3 is 3.00 bits per heavy atom. The Morgan fingerprint density at radius 1 is 1.25 bits per heavy atom. The highest BCUT2D eigenvalue weighted by Gasteiger charge is 1.96. The first kappa shape index (κ1) is 7.29. The molecule has 0 saturated carbocycles. The van der Waals surface area contributed by atoms with E-state index in [2.05, 4.69) is 36.2 Å². The van der Waals surface area contributed by atoms with Crippen LogP contribution in [-0.2, 0) is 6.42 Å². The van der Waals surface area contributed by atoms with Crippen LogP contribution in [0.4, 0.5) is 0 Å². The Balaban J connectivity index is 0.000000845. The molecule has 0 unspecified atom stereocenters. The maximum atomic E-state index is 4.29. The first-order valence-corrected chi connectivity index (χ1v) is 4.24. The molecule has 0 spiro atoms. The van der Waals surface area contributed by atoms with E-state index in [0.717, 1.165) is 11.9 Å². The third kappa shape index (κ3) is 1.07. The number of benzene rings is 1. The van der Waals surface area contributed by atoms with Crippen LogP contribution < -0.4 is 0 Å². The van der Waals surface area contributed by atoms with E-state index in [-0.39, 0.29) is 1.43 Å². The van der Waals surface area contributed by atoms with Crippen LogP contribution in [0.1, 0.15) is 13.9 Å². The molecule has 0 N–H and O–H groups in total. The van der Waals surface area contributed by atoms with Crippen LogP contribution in [0.15, 0.2) is 36.5 Å². The number of nitrogens with zero attached hydrogens (tertiary/aromatic N) is 1. The minimum Gasteiger partial charge on any atom is -0.256 e. The summed E-state index contributed by atoms with van der Waals surface area (Å²) in [5, 5.41) is 1.28. The van der Waals surface area contributed by atoms with E-state index >= 15 is 0 Å². The molecule has 1 heteroatoms. The normalized spacial score (nSPS) is 10.4. The lowest BCUT2D eigenvalue weighted by Crippen LogP contribution is -1.84. The van der Waals surface area contributed by atoms with Crippen LogP contribution in [-0.4, -0.2) is 4.98 Å². The second-order valence-corrected chi connectivity index (χ2v) is 2.84. The molecule has 0 aliphatic heterocycles. The summed E-state index contributed by atoms with van der Waals surface area (Å²) >= 11 is 0. The summed E-state index contributed by atoms with van der Waals surface area (Å²) in [6, 6.07) is 10.4. The van der Waals surface area contributed by atoms with Crippen molar-refractivity contribution in [2.45, 2.75) is 13.3 Å². The molecule has 1 aromatic heterocycles. The van der Waals surface area contributed by atoms with E-state index in [1.807, 2.05) is 12.3 Å². The van der Waals surface area contributed by atoms with Crippen molar-refractivity contribution >= 4 is 10.9 Å². The Bertz CT molecular complexity index is 393. The molecule has 0 radical (unpaired) electrons. The van der Waals surface area contributed by atoms with Gasteiger partial charge in [0, 0.05) is 11.6 Å². The summed E-state index contributed by atoms with van der Waals surface area (Å²) < 4.78 is 0. The number of aromatic nitrogens is 1. The number of hydrogen-bond acceptors (Lipinski definition) is 1. The van der Waals surface area contributed by atoms with Crippen molar-refractivity contribution in [3.8, 4) is 0 Å². The molecule has 1 aromatic carbocycles. The fourth-order valence-corrected chi connectivity index (χ4v) is 1.48. The molecule has 1 nitrogen and oxygen atoms in total. The minimum absolute atomic E-state index is 0. The van der Waals surface area contributed by atoms with Gasteiger partial charge in [-0.1, -0.05) is 25.1 Å². The molecule has 0 aliphatic rings. The van der Waals surface area contributed by atoms with Crippen molar-refractivity contribution in [3.05, 3.63) is 42.1 Å². The van der Waals surface area contributed by atoms with Gasteiger partial charge in [-0.05, 0) is 24.1 Å². The second-order valence-electron chi connectivity index (χ2n) is 2.84. The largest absolute Gasteiger partial charge is 1.00 e. The SMILES string of the molecule is CCc1cccc2ncccc12.[H+]. The number of hydrogen-bond donors (Lipinski definition) is 0. The van der Waals surface area contributed by atoms with Gasteiger partial charge in [-0.15, -0.1) is 0 Å².